The molecule has 9 heteroatoms. The molecule has 0 fully saturated rings. The third-order valence-electron chi connectivity index (χ3n) is 7.10. The maximum absolute atomic E-state index is 12.9. The molecule has 2 N–H and O–H groups in total. The molecule has 0 aliphatic heterocycles. The number of para-hydroxylation sites is 1. The Bertz CT molecular complexity index is 1390. The standard InChI is InChI=1S/C27H30N2O5S2/c1-5-27(3,4)16-11-12-17-20(14-16)36-23(21(17)25(32)33-6-2)29-26(35)28-22(30)18-13-15-9-7-8-10-19(15)34-24(18)31/h7-10,13,16H,5-6,11-12,14H2,1-4H3,(H2,28,29,30,35)/t16-/m1/s1. The number of amides is 1. The van der Waals surface area contributed by atoms with Crippen molar-refractivity contribution in [2.24, 2.45) is 11.3 Å². The van der Waals surface area contributed by atoms with Crippen LogP contribution in [0.4, 0.5) is 5.00 Å². The smallest absolute Gasteiger partial charge is 0.349 e. The summed E-state index contributed by atoms with van der Waals surface area (Å²) in [5.41, 5.74) is 1.16. The van der Waals surface area contributed by atoms with Gasteiger partial charge in [-0.3, -0.25) is 10.1 Å². The molecular weight excluding hydrogens is 496 g/mol. The number of benzene rings is 1. The highest BCUT2D eigenvalue weighted by Crippen LogP contribution is 2.45. The average molecular weight is 527 g/mol. The van der Waals surface area contributed by atoms with Crippen molar-refractivity contribution in [3.8, 4) is 0 Å². The number of ether oxygens (including phenoxy) is 1. The first-order valence-electron chi connectivity index (χ1n) is 12.1. The number of carbonyl (C=O) groups excluding carboxylic acids is 2. The molecule has 2 heterocycles. The molecular formula is C27H30N2O5S2. The summed E-state index contributed by atoms with van der Waals surface area (Å²) in [6.45, 7) is 8.81. The summed E-state index contributed by atoms with van der Waals surface area (Å²) in [5, 5.41) is 6.72. The Morgan fingerprint density at radius 2 is 2.00 bits per heavy atom. The maximum Gasteiger partial charge on any atom is 0.349 e. The van der Waals surface area contributed by atoms with Gasteiger partial charge in [0.05, 0.1) is 12.2 Å². The molecule has 0 saturated heterocycles. The molecule has 0 bridgehead atoms. The van der Waals surface area contributed by atoms with Crippen LogP contribution in [0.3, 0.4) is 0 Å². The molecule has 1 atom stereocenters. The van der Waals surface area contributed by atoms with Crippen molar-refractivity contribution in [2.45, 2.75) is 53.4 Å². The van der Waals surface area contributed by atoms with Crippen molar-refractivity contribution in [1.29, 1.82) is 0 Å². The molecule has 0 spiro atoms. The van der Waals surface area contributed by atoms with Gasteiger partial charge in [-0.2, -0.15) is 0 Å². The number of thiophene rings is 1. The van der Waals surface area contributed by atoms with Gasteiger partial charge in [-0.25, -0.2) is 9.59 Å². The van der Waals surface area contributed by atoms with Crippen LogP contribution in [0.15, 0.2) is 39.5 Å². The molecule has 1 aliphatic carbocycles. The molecule has 2 aromatic heterocycles. The summed E-state index contributed by atoms with van der Waals surface area (Å²) in [6, 6.07) is 8.42. The largest absolute Gasteiger partial charge is 0.462 e. The topological polar surface area (TPSA) is 97.6 Å². The van der Waals surface area contributed by atoms with E-state index < -0.39 is 17.5 Å². The molecule has 7 nitrogen and oxygen atoms in total. The lowest BCUT2D eigenvalue weighted by atomic mass is 9.69. The second-order valence-corrected chi connectivity index (χ2v) is 11.1. The molecule has 0 unspecified atom stereocenters. The van der Waals surface area contributed by atoms with Gasteiger partial charge in [0, 0.05) is 10.3 Å². The van der Waals surface area contributed by atoms with Gasteiger partial charge in [-0.15, -0.1) is 11.3 Å². The van der Waals surface area contributed by atoms with Gasteiger partial charge in [-0.05, 0) is 67.4 Å². The lowest BCUT2D eigenvalue weighted by Gasteiger charge is -2.36. The minimum absolute atomic E-state index is 0.0119. The van der Waals surface area contributed by atoms with Crippen molar-refractivity contribution < 1.29 is 18.7 Å². The Labute approximate surface area is 219 Å². The molecule has 36 heavy (non-hydrogen) atoms. The second kappa shape index (κ2) is 10.5. The van der Waals surface area contributed by atoms with Gasteiger partial charge >= 0.3 is 11.6 Å². The first-order chi connectivity index (χ1) is 17.1. The number of hydrogen-bond acceptors (Lipinski definition) is 7. The van der Waals surface area contributed by atoms with Gasteiger partial charge in [-0.1, -0.05) is 45.4 Å². The predicted molar refractivity (Wildman–Crippen MR) is 146 cm³/mol. The summed E-state index contributed by atoms with van der Waals surface area (Å²) >= 11 is 6.85. The number of nitrogens with one attached hydrogen (secondary N) is 2. The van der Waals surface area contributed by atoms with Gasteiger partial charge in [0.25, 0.3) is 5.91 Å². The fourth-order valence-electron chi connectivity index (χ4n) is 4.57. The number of thiocarbonyl (C=S) groups is 1. The number of anilines is 1. The lowest BCUT2D eigenvalue weighted by Crippen LogP contribution is -2.36. The van der Waals surface area contributed by atoms with E-state index in [-0.39, 0.29) is 22.7 Å². The van der Waals surface area contributed by atoms with Crippen LogP contribution in [0, 0.1) is 11.3 Å². The van der Waals surface area contributed by atoms with E-state index >= 15 is 0 Å². The zero-order valence-corrected chi connectivity index (χ0v) is 22.5. The Morgan fingerprint density at radius 3 is 2.72 bits per heavy atom. The molecule has 0 radical (unpaired) electrons. The van der Waals surface area contributed by atoms with Gasteiger partial charge in [0.1, 0.15) is 16.1 Å². The average Bonchev–Trinajstić information content (AvgIpc) is 3.20. The summed E-state index contributed by atoms with van der Waals surface area (Å²) in [7, 11) is 0. The van der Waals surface area contributed by atoms with Gasteiger partial charge in [0.15, 0.2) is 5.11 Å². The van der Waals surface area contributed by atoms with Crippen LogP contribution in [-0.2, 0) is 17.6 Å². The van der Waals surface area contributed by atoms with E-state index in [0.29, 0.717) is 27.5 Å². The minimum Gasteiger partial charge on any atom is -0.462 e. The molecule has 3 aromatic rings. The van der Waals surface area contributed by atoms with Crippen molar-refractivity contribution in [2.75, 3.05) is 11.9 Å². The minimum atomic E-state index is -0.752. The Hall–Kier alpha value is -3.04. The number of hydrogen-bond donors (Lipinski definition) is 2. The van der Waals surface area contributed by atoms with Crippen LogP contribution in [0.1, 0.15) is 71.7 Å². The van der Waals surface area contributed by atoms with Crippen molar-refractivity contribution in [3.63, 3.8) is 0 Å². The van der Waals surface area contributed by atoms with Crippen LogP contribution in [0.5, 0.6) is 0 Å². The third kappa shape index (κ3) is 5.22. The van der Waals surface area contributed by atoms with E-state index in [1.807, 2.05) is 0 Å². The number of fused-ring (bicyclic) bond motifs is 2. The summed E-state index contributed by atoms with van der Waals surface area (Å²) in [5.74, 6) is -0.582. The van der Waals surface area contributed by atoms with Crippen molar-refractivity contribution >= 4 is 56.5 Å². The van der Waals surface area contributed by atoms with Crippen LogP contribution in [0.25, 0.3) is 11.0 Å². The van der Waals surface area contributed by atoms with E-state index in [9.17, 15) is 14.4 Å². The SMILES string of the molecule is CCOC(=O)c1c(NC(=S)NC(=O)c2cc3ccccc3oc2=O)sc2c1CC[C@@H](C(C)(C)CC)C2. The molecule has 0 saturated carbocycles. The highest BCUT2D eigenvalue weighted by Gasteiger charge is 2.35. The van der Waals surface area contributed by atoms with Crippen molar-refractivity contribution in [3.05, 3.63) is 62.3 Å². The fraction of sp³-hybridized carbons (Fsp3) is 0.407. The predicted octanol–water partition coefficient (Wildman–Crippen LogP) is 5.70. The fourth-order valence-corrected chi connectivity index (χ4v) is 6.15. The maximum atomic E-state index is 12.9. The zero-order chi connectivity index (χ0) is 26.0. The Morgan fingerprint density at radius 1 is 1.25 bits per heavy atom. The monoisotopic (exact) mass is 526 g/mol. The number of rotatable bonds is 6. The van der Waals surface area contributed by atoms with Crippen LogP contribution < -0.4 is 16.3 Å². The van der Waals surface area contributed by atoms with Crippen LogP contribution >= 0.6 is 23.6 Å². The van der Waals surface area contributed by atoms with E-state index in [0.717, 1.165) is 36.1 Å². The lowest BCUT2D eigenvalue weighted by molar-refractivity contribution is 0.0526. The highest BCUT2D eigenvalue weighted by molar-refractivity contribution is 7.80. The molecule has 1 aromatic carbocycles. The van der Waals surface area contributed by atoms with E-state index in [4.69, 9.17) is 21.4 Å². The van der Waals surface area contributed by atoms with E-state index in [1.165, 1.54) is 17.4 Å². The summed E-state index contributed by atoms with van der Waals surface area (Å²) in [4.78, 5) is 39.2. The Kier molecular flexibility index (Phi) is 7.61. The normalized spacial score (nSPS) is 15.3. The third-order valence-corrected chi connectivity index (χ3v) is 8.48. The van der Waals surface area contributed by atoms with E-state index in [1.54, 1.807) is 31.2 Å². The molecule has 1 amide bonds. The van der Waals surface area contributed by atoms with Crippen LogP contribution in [-0.4, -0.2) is 23.6 Å². The van der Waals surface area contributed by atoms with Crippen LogP contribution in [0.2, 0.25) is 0 Å². The molecule has 1 aliphatic rings. The first kappa shape index (κ1) is 26.0. The molecule has 4 rings (SSSR count). The summed E-state index contributed by atoms with van der Waals surface area (Å²) in [6.07, 6.45) is 3.74. The van der Waals surface area contributed by atoms with Gasteiger partial charge in [0.2, 0.25) is 0 Å². The second-order valence-electron chi connectivity index (χ2n) is 9.60. The molecule has 190 valence electrons. The highest BCUT2D eigenvalue weighted by atomic mass is 32.1. The summed E-state index contributed by atoms with van der Waals surface area (Å²) < 4.78 is 10.6. The quantitative estimate of drug-likeness (QED) is 0.242. The van der Waals surface area contributed by atoms with E-state index in [2.05, 4.69) is 31.4 Å². The first-order valence-corrected chi connectivity index (χ1v) is 13.3. The zero-order valence-electron chi connectivity index (χ0n) is 20.9. The van der Waals surface area contributed by atoms with Gasteiger partial charge < -0.3 is 14.5 Å². The number of esters is 1. The Balaban J connectivity index is 1.57. The van der Waals surface area contributed by atoms with Crippen molar-refractivity contribution in [1.82, 2.24) is 5.32 Å². The number of carbonyl (C=O) groups is 2.